The van der Waals surface area contributed by atoms with Gasteiger partial charge in [-0.15, -0.1) is 0 Å². The van der Waals surface area contributed by atoms with Crippen molar-refractivity contribution in [3.05, 3.63) is 30.1 Å². The van der Waals surface area contributed by atoms with Gasteiger partial charge in [0, 0.05) is 6.54 Å². The molecule has 2 N–H and O–H groups in total. The van der Waals surface area contributed by atoms with Crippen molar-refractivity contribution < 1.29 is 22.7 Å². The lowest BCUT2D eigenvalue weighted by Gasteiger charge is -2.26. The van der Waals surface area contributed by atoms with Gasteiger partial charge in [0.2, 0.25) is 10.0 Å². The molecule has 2 rings (SSSR count). The van der Waals surface area contributed by atoms with Crippen LogP contribution in [0.1, 0.15) is 25.7 Å². The van der Waals surface area contributed by atoms with Crippen molar-refractivity contribution in [3.8, 4) is 0 Å². The molecule has 0 amide bonds. The highest BCUT2D eigenvalue weighted by atomic mass is 32.2. The van der Waals surface area contributed by atoms with Crippen LogP contribution in [0.25, 0.3) is 0 Å². The topological polar surface area (TPSA) is 83.5 Å². The smallest absolute Gasteiger partial charge is 0.306 e. The van der Waals surface area contributed by atoms with Crippen molar-refractivity contribution in [1.82, 2.24) is 4.72 Å². The van der Waals surface area contributed by atoms with E-state index >= 15 is 0 Å². The lowest BCUT2D eigenvalue weighted by molar-refractivity contribution is -0.143. The van der Waals surface area contributed by atoms with E-state index < -0.39 is 21.8 Å². The van der Waals surface area contributed by atoms with Gasteiger partial charge >= 0.3 is 5.97 Å². The number of carboxylic acid groups (broad SMARTS) is 1. The number of halogens is 1. The maximum Gasteiger partial charge on any atom is 0.306 e. The van der Waals surface area contributed by atoms with Gasteiger partial charge in [-0.05, 0) is 49.8 Å². The van der Waals surface area contributed by atoms with E-state index in [1.165, 1.54) is 18.2 Å². The van der Waals surface area contributed by atoms with Crippen LogP contribution < -0.4 is 4.72 Å². The first-order valence-corrected chi connectivity index (χ1v) is 8.35. The largest absolute Gasteiger partial charge is 0.481 e. The summed E-state index contributed by atoms with van der Waals surface area (Å²) >= 11 is 0. The molecule has 1 aromatic carbocycles. The van der Waals surface area contributed by atoms with Crippen LogP contribution >= 0.6 is 0 Å². The van der Waals surface area contributed by atoms with Crippen LogP contribution in [0.2, 0.25) is 0 Å². The molecule has 116 valence electrons. The van der Waals surface area contributed by atoms with Crippen LogP contribution in [0.4, 0.5) is 4.39 Å². The third kappa shape index (κ3) is 4.25. The van der Waals surface area contributed by atoms with Gasteiger partial charge in [0.25, 0.3) is 0 Å². The van der Waals surface area contributed by atoms with Gasteiger partial charge in [-0.3, -0.25) is 4.79 Å². The summed E-state index contributed by atoms with van der Waals surface area (Å²) in [5.41, 5.74) is 0. The Bertz CT molecular complexity index is 609. The number of hydrogen-bond acceptors (Lipinski definition) is 3. The molecule has 1 fully saturated rings. The predicted molar refractivity (Wildman–Crippen MR) is 74.7 cm³/mol. The quantitative estimate of drug-likeness (QED) is 0.870. The Balaban J connectivity index is 1.90. The Hall–Kier alpha value is -1.47. The van der Waals surface area contributed by atoms with Gasteiger partial charge in [-0.2, -0.15) is 0 Å². The number of carboxylic acids is 1. The highest BCUT2D eigenvalue weighted by Crippen LogP contribution is 2.28. The molecule has 1 saturated carbocycles. The first kappa shape index (κ1) is 15.9. The first-order valence-electron chi connectivity index (χ1n) is 6.86. The molecule has 0 unspecified atom stereocenters. The van der Waals surface area contributed by atoms with Crippen molar-refractivity contribution in [2.75, 3.05) is 6.54 Å². The molecule has 1 aliphatic carbocycles. The summed E-state index contributed by atoms with van der Waals surface area (Å²) in [5.74, 6) is -1.57. The summed E-state index contributed by atoms with van der Waals surface area (Å²) < 4.78 is 39.6. The summed E-state index contributed by atoms with van der Waals surface area (Å²) in [6, 6.07) is 4.85. The van der Waals surface area contributed by atoms with Crippen molar-refractivity contribution >= 4 is 16.0 Å². The zero-order valence-corrected chi connectivity index (χ0v) is 12.3. The normalized spacial score (nSPS) is 22.9. The molecule has 0 saturated heterocycles. The minimum atomic E-state index is -3.72. The van der Waals surface area contributed by atoms with Crippen molar-refractivity contribution in [1.29, 1.82) is 0 Å². The van der Waals surface area contributed by atoms with Crippen LogP contribution in [0, 0.1) is 17.7 Å². The molecular formula is C14H18FNO4S. The number of nitrogens with one attached hydrogen (secondary N) is 1. The van der Waals surface area contributed by atoms with E-state index in [-0.39, 0.29) is 23.3 Å². The average molecular weight is 315 g/mol. The van der Waals surface area contributed by atoms with Crippen molar-refractivity contribution in [2.24, 2.45) is 11.8 Å². The van der Waals surface area contributed by atoms with E-state index in [2.05, 4.69) is 4.72 Å². The Morgan fingerprint density at radius 2 is 1.95 bits per heavy atom. The Morgan fingerprint density at radius 3 is 2.52 bits per heavy atom. The van der Waals surface area contributed by atoms with E-state index in [9.17, 15) is 17.6 Å². The maximum absolute atomic E-state index is 13.1. The van der Waals surface area contributed by atoms with Gasteiger partial charge in [0.05, 0.1) is 10.8 Å². The molecule has 0 aromatic heterocycles. The molecule has 21 heavy (non-hydrogen) atoms. The number of carbonyl (C=O) groups is 1. The minimum Gasteiger partial charge on any atom is -0.481 e. The van der Waals surface area contributed by atoms with E-state index in [4.69, 9.17) is 5.11 Å². The zero-order chi connectivity index (χ0) is 15.5. The fraction of sp³-hybridized carbons (Fsp3) is 0.500. The Labute approximate surface area is 123 Å². The highest BCUT2D eigenvalue weighted by molar-refractivity contribution is 7.89. The summed E-state index contributed by atoms with van der Waals surface area (Å²) in [5, 5.41) is 8.91. The molecule has 0 bridgehead atoms. The second kappa shape index (κ2) is 6.53. The van der Waals surface area contributed by atoms with E-state index in [1.54, 1.807) is 0 Å². The molecule has 0 heterocycles. The molecular weight excluding hydrogens is 297 g/mol. The Morgan fingerprint density at radius 1 is 1.29 bits per heavy atom. The maximum atomic E-state index is 13.1. The zero-order valence-electron chi connectivity index (χ0n) is 11.5. The molecule has 0 spiro atoms. The van der Waals surface area contributed by atoms with Crippen LogP contribution in [0.5, 0.6) is 0 Å². The van der Waals surface area contributed by atoms with E-state index in [0.29, 0.717) is 25.7 Å². The molecule has 1 aromatic rings. The molecule has 0 aliphatic heterocycles. The monoisotopic (exact) mass is 315 g/mol. The highest BCUT2D eigenvalue weighted by Gasteiger charge is 2.26. The van der Waals surface area contributed by atoms with E-state index in [0.717, 1.165) is 6.07 Å². The summed E-state index contributed by atoms with van der Waals surface area (Å²) in [6.07, 6.45) is 2.51. The fourth-order valence-corrected chi connectivity index (χ4v) is 3.71. The fourth-order valence-electron chi connectivity index (χ4n) is 2.56. The van der Waals surface area contributed by atoms with Crippen LogP contribution in [0.3, 0.4) is 0 Å². The Kier molecular flexibility index (Phi) is 4.95. The van der Waals surface area contributed by atoms with Gasteiger partial charge in [0.15, 0.2) is 0 Å². The van der Waals surface area contributed by atoms with Crippen LogP contribution in [-0.4, -0.2) is 26.0 Å². The minimum absolute atomic E-state index is 0.0956. The van der Waals surface area contributed by atoms with Crippen LogP contribution in [0.15, 0.2) is 29.2 Å². The predicted octanol–water partition coefficient (Wildman–Crippen LogP) is 1.99. The lowest BCUT2D eigenvalue weighted by atomic mass is 9.82. The molecule has 0 radical (unpaired) electrons. The summed E-state index contributed by atoms with van der Waals surface area (Å²) in [6.45, 7) is 0.255. The number of hydrogen-bond donors (Lipinski definition) is 2. The van der Waals surface area contributed by atoms with Gasteiger partial charge in [0.1, 0.15) is 5.82 Å². The van der Waals surface area contributed by atoms with Gasteiger partial charge in [-0.1, -0.05) is 6.07 Å². The number of rotatable bonds is 5. The van der Waals surface area contributed by atoms with Gasteiger partial charge in [-0.25, -0.2) is 17.5 Å². The molecule has 0 atom stereocenters. The summed E-state index contributed by atoms with van der Waals surface area (Å²) in [4.78, 5) is 10.8. The number of benzene rings is 1. The lowest BCUT2D eigenvalue weighted by Crippen LogP contribution is -2.32. The second-order valence-electron chi connectivity index (χ2n) is 5.37. The van der Waals surface area contributed by atoms with Crippen LogP contribution in [-0.2, 0) is 14.8 Å². The SMILES string of the molecule is O=C(O)C1CCC(CNS(=O)(=O)c2cccc(F)c2)CC1. The number of sulfonamides is 1. The molecule has 7 heteroatoms. The summed E-state index contributed by atoms with van der Waals surface area (Å²) in [7, 11) is -3.72. The molecule has 1 aliphatic rings. The van der Waals surface area contributed by atoms with Crippen molar-refractivity contribution in [3.63, 3.8) is 0 Å². The first-order chi connectivity index (χ1) is 9.88. The average Bonchev–Trinajstić information content (AvgIpc) is 2.45. The third-order valence-electron chi connectivity index (χ3n) is 3.86. The standard InChI is InChI=1S/C14H18FNO4S/c15-12-2-1-3-13(8-12)21(19,20)16-9-10-4-6-11(7-5-10)14(17)18/h1-3,8,10-11,16H,4-7,9H2,(H,17,18). The van der Waals surface area contributed by atoms with Crippen molar-refractivity contribution in [2.45, 2.75) is 30.6 Å². The number of aliphatic carboxylic acids is 1. The van der Waals surface area contributed by atoms with Gasteiger partial charge < -0.3 is 5.11 Å². The molecule has 5 nitrogen and oxygen atoms in total. The second-order valence-corrected chi connectivity index (χ2v) is 7.13. The third-order valence-corrected chi connectivity index (χ3v) is 5.29. The van der Waals surface area contributed by atoms with E-state index in [1.807, 2.05) is 0 Å².